The van der Waals surface area contributed by atoms with Crippen LogP contribution in [0.4, 0.5) is 11.5 Å². The van der Waals surface area contributed by atoms with Gasteiger partial charge in [-0.1, -0.05) is 42.5 Å². The number of nitrogens with zero attached hydrogens (tertiary/aromatic N) is 3. The fraction of sp³-hybridized carbons (Fsp3) is 0.217. The van der Waals surface area contributed by atoms with Crippen LogP contribution in [-0.2, 0) is 24.4 Å². The van der Waals surface area contributed by atoms with Crippen molar-refractivity contribution >= 4 is 22.4 Å². The summed E-state index contributed by atoms with van der Waals surface area (Å²) < 4.78 is 6.32. The number of benzene rings is 2. The Bertz CT molecular complexity index is 1440. The number of hydrogen-bond donors (Lipinski definition) is 3. The number of fused-ring (bicyclic) bond motifs is 1. The third-order valence-corrected chi connectivity index (χ3v) is 5.27. The predicted octanol–water partition coefficient (Wildman–Crippen LogP) is 1.21. The van der Waals surface area contributed by atoms with Crippen molar-refractivity contribution in [3.8, 4) is 0 Å². The lowest BCUT2D eigenvalue weighted by Gasteiger charge is -2.26. The first-order valence-corrected chi connectivity index (χ1v) is 10.4. The van der Waals surface area contributed by atoms with Crippen molar-refractivity contribution in [3.63, 3.8) is 0 Å². The minimum absolute atomic E-state index is 0.0138. The summed E-state index contributed by atoms with van der Waals surface area (Å²) in [5.41, 5.74) is 6.37. The minimum atomic E-state index is -0.620. The zero-order valence-electron chi connectivity index (χ0n) is 18.1. The van der Waals surface area contributed by atoms with Gasteiger partial charge in [-0.25, -0.2) is 9.78 Å². The number of nitrogen functional groups attached to an aromatic ring is 1. The molecule has 2 aromatic carbocycles. The number of aromatic amines is 2. The molecular weight excluding hydrogens is 424 g/mol. The summed E-state index contributed by atoms with van der Waals surface area (Å²) in [4.78, 5) is 49.1. The lowest BCUT2D eigenvalue weighted by molar-refractivity contribution is 0.186. The highest BCUT2D eigenvalue weighted by molar-refractivity contribution is 5.77. The van der Waals surface area contributed by atoms with Crippen molar-refractivity contribution in [2.75, 3.05) is 24.4 Å². The van der Waals surface area contributed by atoms with Crippen molar-refractivity contribution in [2.45, 2.75) is 19.6 Å². The topological polar surface area (TPSA) is 139 Å². The Labute approximate surface area is 188 Å². The van der Waals surface area contributed by atoms with Crippen molar-refractivity contribution in [1.29, 1.82) is 0 Å². The molecule has 0 saturated carbocycles. The third kappa shape index (κ3) is 4.70. The Hall–Kier alpha value is -4.18. The maximum absolute atomic E-state index is 12.9. The molecule has 4 aromatic rings. The molecule has 0 fully saturated rings. The molecule has 33 heavy (non-hydrogen) atoms. The van der Waals surface area contributed by atoms with Crippen LogP contribution in [0.3, 0.4) is 0 Å². The van der Waals surface area contributed by atoms with Gasteiger partial charge >= 0.3 is 5.69 Å². The molecule has 0 saturated heterocycles. The molecule has 4 N–H and O–H groups in total. The molecule has 0 unspecified atom stereocenters. The summed E-state index contributed by atoms with van der Waals surface area (Å²) in [5.74, 6) is 0.378. The van der Waals surface area contributed by atoms with E-state index in [4.69, 9.17) is 10.5 Å². The summed E-state index contributed by atoms with van der Waals surface area (Å²) in [5, 5.41) is 0.473. The molecule has 0 spiro atoms. The monoisotopic (exact) mass is 448 g/mol. The van der Waals surface area contributed by atoms with E-state index in [0.29, 0.717) is 23.3 Å². The lowest BCUT2D eigenvalue weighted by Crippen LogP contribution is -2.39. The largest absolute Gasteiger partial charge is 0.383 e. The Morgan fingerprint density at radius 1 is 0.970 bits per heavy atom. The summed E-state index contributed by atoms with van der Waals surface area (Å²) in [6, 6.07) is 16.5. The van der Waals surface area contributed by atoms with Gasteiger partial charge in [0.15, 0.2) is 0 Å². The predicted molar refractivity (Wildman–Crippen MR) is 126 cm³/mol. The highest BCUT2D eigenvalue weighted by Gasteiger charge is 2.21. The lowest BCUT2D eigenvalue weighted by atomic mass is 10.2. The zero-order valence-corrected chi connectivity index (χ0v) is 18.1. The molecule has 0 aliphatic heterocycles. The van der Waals surface area contributed by atoms with E-state index in [1.807, 2.05) is 30.3 Å². The van der Waals surface area contributed by atoms with E-state index >= 15 is 0 Å². The van der Waals surface area contributed by atoms with Gasteiger partial charge in [-0.2, -0.15) is 0 Å². The molecule has 10 heteroatoms. The van der Waals surface area contributed by atoms with Gasteiger partial charge in [-0.05, 0) is 17.7 Å². The van der Waals surface area contributed by atoms with Gasteiger partial charge in [-0.3, -0.25) is 19.1 Å². The first kappa shape index (κ1) is 22.0. The number of rotatable bonds is 8. The van der Waals surface area contributed by atoms with Gasteiger partial charge in [0, 0.05) is 13.7 Å². The number of nitrogens with one attached hydrogen (secondary N) is 2. The molecule has 0 bridgehead atoms. The number of hydrogen-bond acceptors (Lipinski definition) is 7. The number of anilines is 2. The van der Waals surface area contributed by atoms with E-state index in [-0.39, 0.29) is 36.8 Å². The molecule has 0 radical (unpaired) electrons. The van der Waals surface area contributed by atoms with Crippen LogP contribution in [-0.4, -0.2) is 33.2 Å². The zero-order chi connectivity index (χ0) is 23.4. The van der Waals surface area contributed by atoms with Crippen LogP contribution in [0.15, 0.2) is 69.0 Å². The van der Waals surface area contributed by atoms with Crippen LogP contribution in [0.1, 0.15) is 11.4 Å². The molecule has 0 aliphatic rings. The Balaban J connectivity index is 1.82. The summed E-state index contributed by atoms with van der Waals surface area (Å²) in [6.07, 6.45) is 0. The molecular formula is C23H24N6O4. The number of H-pyrrole nitrogens is 2. The van der Waals surface area contributed by atoms with E-state index in [1.54, 1.807) is 29.2 Å². The number of aromatic nitrogens is 4. The van der Waals surface area contributed by atoms with E-state index < -0.39 is 11.2 Å². The average Bonchev–Trinajstić information content (AvgIpc) is 2.79. The summed E-state index contributed by atoms with van der Waals surface area (Å²) >= 11 is 0. The fourth-order valence-corrected chi connectivity index (χ4v) is 3.70. The molecule has 0 amide bonds. The summed E-state index contributed by atoms with van der Waals surface area (Å²) in [7, 11) is 1.51. The maximum atomic E-state index is 12.9. The van der Waals surface area contributed by atoms with E-state index in [1.165, 1.54) is 11.7 Å². The van der Waals surface area contributed by atoms with Crippen molar-refractivity contribution < 1.29 is 4.74 Å². The van der Waals surface area contributed by atoms with Gasteiger partial charge in [0.2, 0.25) is 0 Å². The highest BCUT2D eigenvalue weighted by Crippen LogP contribution is 2.21. The van der Waals surface area contributed by atoms with Gasteiger partial charge in [0.1, 0.15) is 17.3 Å². The fourth-order valence-electron chi connectivity index (χ4n) is 3.70. The summed E-state index contributed by atoms with van der Waals surface area (Å²) in [6.45, 7) is 0.806. The van der Waals surface area contributed by atoms with Crippen molar-refractivity contribution in [1.82, 2.24) is 19.5 Å². The van der Waals surface area contributed by atoms with E-state index in [0.717, 1.165) is 5.56 Å². The first-order chi connectivity index (χ1) is 16.0. The smallest absolute Gasteiger partial charge is 0.330 e. The standard InChI is InChI=1S/C23H24N6O4/c1-33-12-11-29-20(24)19(22(31)27-23(29)32)28(13-15-7-3-2-4-8-15)14-18-25-17-10-6-5-9-16(17)21(30)26-18/h2-10H,11-14,24H2,1H3,(H,25,26,30)(H,27,31,32). The van der Waals surface area contributed by atoms with Crippen molar-refractivity contribution in [2.24, 2.45) is 0 Å². The van der Waals surface area contributed by atoms with Crippen molar-refractivity contribution in [3.05, 3.63) is 97.2 Å². The number of ether oxygens (including phenoxy) is 1. The molecule has 10 nitrogen and oxygen atoms in total. The van der Waals surface area contributed by atoms with Crippen LogP contribution in [0.2, 0.25) is 0 Å². The molecule has 2 heterocycles. The normalized spacial score (nSPS) is 11.1. The van der Waals surface area contributed by atoms with E-state index in [9.17, 15) is 14.4 Å². The second-order valence-corrected chi connectivity index (χ2v) is 7.51. The Kier molecular flexibility index (Phi) is 6.36. The number of methoxy groups -OCH3 is 1. The average molecular weight is 448 g/mol. The van der Waals surface area contributed by atoms with Crippen LogP contribution in [0, 0.1) is 0 Å². The van der Waals surface area contributed by atoms with Gasteiger partial charge in [0.25, 0.3) is 11.1 Å². The second-order valence-electron chi connectivity index (χ2n) is 7.51. The first-order valence-electron chi connectivity index (χ1n) is 10.4. The Morgan fingerprint density at radius 3 is 2.45 bits per heavy atom. The van der Waals surface area contributed by atoms with Crippen LogP contribution in [0.5, 0.6) is 0 Å². The molecule has 0 aliphatic carbocycles. The maximum Gasteiger partial charge on any atom is 0.330 e. The minimum Gasteiger partial charge on any atom is -0.383 e. The molecule has 0 atom stereocenters. The van der Waals surface area contributed by atoms with Gasteiger partial charge in [0.05, 0.1) is 30.6 Å². The van der Waals surface area contributed by atoms with Crippen LogP contribution in [0.25, 0.3) is 10.9 Å². The van der Waals surface area contributed by atoms with Crippen LogP contribution < -0.4 is 27.4 Å². The van der Waals surface area contributed by atoms with Gasteiger partial charge < -0.3 is 20.4 Å². The molecule has 2 aromatic heterocycles. The highest BCUT2D eigenvalue weighted by atomic mass is 16.5. The molecule has 4 rings (SSSR count). The number of para-hydroxylation sites is 1. The quantitative estimate of drug-likeness (QED) is 0.368. The van der Waals surface area contributed by atoms with Gasteiger partial charge in [-0.15, -0.1) is 0 Å². The van der Waals surface area contributed by atoms with Crippen LogP contribution >= 0.6 is 0 Å². The second kappa shape index (κ2) is 9.53. The number of nitrogens with two attached hydrogens (primary N) is 1. The Morgan fingerprint density at radius 2 is 1.70 bits per heavy atom. The SMILES string of the molecule is COCCn1c(N)c(N(Cc2ccccc2)Cc2nc3ccccc3c(=O)[nH]2)c(=O)[nH]c1=O. The van der Waals surface area contributed by atoms with E-state index in [2.05, 4.69) is 15.0 Å². The molecule has 170 valence electrons. The third-order valence-electron chi connectivity index (χ3n) is 5.27.